The highest BCUT2D eigenvalue weighted by molar-refractivity contribution is 14.1. The minimum atomic E-state index is -0.518. The van der Waals surface area contributed by atoms with E-state index in [4.69, 9.17) is 0 Å². The molecule has 0 aliphatic carbocycles. The number of carbonyl (C=O) groups excluding carboxylic acids is 1. The van der Waals surface area contributed by atoms with Gasteiger partial charge in [0.05, 0.1) is 10.7 Å². The molecule has 0 aliphatic rings. The summed E-state index contributed by atoms with van der Waals surface area (Å²) in [6, 6.07) is 3.33. The molecular weight excluding hydrogens is 283 g/mol. The number of hydrogen-bond acceptors (Lipinski definition) is 3. The molecule has 4 heteroatoms. The first-order valence-corrected chi connectivity index (χ1v) is 4.72. The second-order valence-electron chi connectivity index (χ2n) is 2.58. The monoisotopic (exact) mass is 292 g/mol. The molecule has 0 aliphatic heterocycles. The summed E-state index contributed by atoms with van der Waals surface area (Å²) in [5.41, 5.74) is 1.14. The topological polar surface area (TPSA) is 46.5 Å². The number of phenols is 1. The number of carbonyl (C=O) groups is 1. The van der Waals surface area contributed by atoms with Crippen molar-refractivity contribution < 1.29 is 14.6 Å². The number of rotatable bonds is 1. The van der Waals surface area contributed by atoms with Gasteiger partial charge in [-0.1, -0.05) is 6.07 Å². The van der Waals surface area contributed by atoms with Crippen LogP contribution in [0.25, 0.3) is 0 Å². The second kappa shape index (κ2) is 3.95. The third-order valence-corrected chi connectivity index (χ3v) is 3.08. The fourth-order valence-electron chi connectivity index (χ4n) is 0.940. The van der Waals surface area contributed by atoms with Crippen LogP contribution in [0.3, 0.4) is 0 Å². The molecule has 0 bridgehead atoms. The van der Waals surface area contributed by atoms with Crippen molar-refractivity contribution in [3.8, 4) is 5.75 Å². The van der Waals surface area contributed by atoms with Crippen LogP contribution in [0.2, 0.25) is 0 Å². The number of benzene rings is 1. The SMILES string of the molecule is COC(=O)c1ccc(C)c(I)c1O. The van der Waals surface area contributed by atoms with E-state index in [0.29, 0.717) is 3.57 Å². The molecule has 0 radical (unpaired) electrons. The highest BCUT2D eigenvalue weighted by Crippen LogP contribution is 2.27. The molecule has 0 amide bonds. The van der Waals surface area contributed by atoms with Crippen LogP contribution in [0.5, 0.6) is 5.75 Å². The molecule has 0 atom stereocenters. The summed E-state index contributed by atoms with van der Waals surface area (Å²) in [5.74, 6) is -0.525. The van der Waals surface area contributed by atoms with Crippen LogP contribution in [0.15, 0.2) is 12.1 Å². The predicted octanol–water partition coefficient (Wildman–Crippen LogP) is 2.09. The first-order valence-electron chi connectivity index (χ1n) is 3.64. The van der Waals surface area contributed by atoms with Crippen molar-refractivity contribution in [3.63, 3.8) is 0 Å². The average molecular weight is 292 g/mol. The third-order valence-electron chi connectivity index (χ3n) is 1.71. The van der Waals surface area contributed by atoms with Gasteiger partial charge in [0.1, 0.15) is 11.3 Å². The van der Waals surface area contributed by atoms with Gasteiger partial charge in [-0.25, -0.2) is 4.79 Å². The molecule has 3 nitrogen and oxygen atoms in total. The van der Waals surface area contributed by atoms with E-state index < -0.39 is 5.97 Å². The molecule has 0 aromatic heterocycles. The Hall–Kier alpha value is -0.780. The second-order valence-corrected chi connectivity index (χ2v) is 3.66. The Kier molecular flexibility index (Phi) is 3.13. The van der Waals surface area contributed by atoms with Gasteiger partial charge in [-0.2, -0.15) is 0 Å². The summed E-state index contributed by atoms with van der Waals surface area (Å²) in [6.45, 7) is 1.86. The lowest BCUT2D eigenvalue weighted by Gasteiger charge is -2.06. The average Bonchev–Trinajstić information content (AvgIpc) is 2.13. The molecule has 0 fully saturated rings. The van der Waals surface area contributed by atoms with Gasteiger partial charge in [-0.05, 0) is 41.1 Å². The van der Waals surface area contributed by atoms with E-state index in [1.54, 1.807) is 12.1 Å². The Morgan fingerprint density at radius 2 is 2.15 bits per heavy atom. The van der Waals surface area contributed by atoms with Crippen LogP contribution < -0.4 is 0 Å². The summed E-state index contributed by atoms with van der Waals surface area (Å²) < 4.78 is 5.19. The maximum atomic E-state index is 11.1. The van der Waals surface area contributed by atoms with Crippen LogP contribution in [0.1, 0.15) is 15.9 Å². The van der Waals surface area contributed by atoms with Crippen LogP contribution in [0.4, 0.5) is 0 Å². The normalized spacial score (nSPS) is 9.77. The summed E-state index contributed by atoms with van der Waals surface area (Å²) in [7, 11) is 1.29. The zero-order chi connectivity index (χ0) is 10.0. The highest BCUT2D eigenvalue weighted by Gasteiger charge is 2.14. The minimum Gasteiger partial charge on any atom is -0.506 e. The van der Waals surface area contributed by atoms with Crippen molar-refractivity contribution in [2.24, 2.45) is 0 Å². The molecule has 0 saturated heterocycles. The summed E-state index contributed by atoms with van der Waals surface area (Å²) in [4.78, 5) is 11.1. The smallest absolute Gasteiger partial charge is 0.341 e. The zero-order valence-corrected chi connectivity index (χ0v) is 9.45. The molecule has 0 unspecified atom stereocenters. The molecule has 1 rings (SSSR count). The number of ether oxygens (including phenoxy) is 1. The van der Waals surface area contributed by atoms with Crippen molar-refractivity contribution in [1.29, 1.82) is 0 Å². The van der Waals surface area contributed by atoms with Crippen LogP contribution >= 0.6 is 22.6 Å². The fourth-order valence-corrected chi connectivity index (χ4v) is 1.41. The molecule has 0 saturated carbocycles. The summed E-state index contributed by atoms with van der Waals surface area (Å²) >= 11 is 1.99. The van der Waals surface area contributed by atoms with E-state index in [-0.39, 0.29) is 11.3 Å². The van der Waals surface area contributed by atoms with Gasteiger partial charge in [0, 0.05) is 0 Å². The highest BCUT2D eigenvalue weighted by atomic mass is 127. The maximum absolute atomic E-state index is 11.1. The van der Waals surface area contributed by atoms with E-state index in [2.05, 4.69) is 4.74 Å². The molecule has 70 valence electrons. The Morgan fingerprint density at radius 1 is 1.54 bits per heavy atom. The van der Waals surface area contributed by atoms with Gasteiger partial charge in [0.25, 0.3) is 0 Å². The van der Waals surface area contributed by atoms with Gasteiger partial charge in [-0.3, -0.25) is 0 Å². The van der Waals surface area contributed by atoms with Crippen LogP contribution in [0, 0.1) is 10.5 Å². The first kappa shape index (κ1) is 10.3. The van der Waals surface area contributed by atoms with Crippen LogP contribution in [-0.4, -0.2) is 18.2 Å². The molecule has 1 N–H and O–H groups in total. The van der Waals surface area contributed by atoms with E-state index in [1.807, 2.05) is 29.5 Å². The van der Waals surface area contributed by atoms with Crippen molar-refractivity contribution in [1.82, 2.24) is 0 Å². The lowest BCUT2D eigenvalue weighted by Crippen LogP contribution is -2.02. The molecular formula is C9H9IO3. The Bertz CT molecular complexity index is 347. The van der Waals surface area contributed by atoms with Crippen molar-refractivity contribution in [3.05, 3.63) is 26.8 Å². The van der Waals surface area contributed by atoms with E-state index in [9.17, 15) is 9.90 Å². The van der Waals surface area contributed by atoms with Crippen molar-refractivity contribution >= 4 is 28.6 Å². The van der Waals surface area contributed by atoms with Gasteiger partial charge in [0.2, 0.25) is 0 Å². The largest absolute Gasteiger partial charge is 0.506 e. The fraction of sp³-hybridized carbons (Fsp3) is 0.222. The Labute approximate surface area is 89.9 Å². The van der Waals surface area contributed by atoms with E-state index in [0.717, 1.165) is 5.56 Å². The maximum Gasteiger partial charge on any atom is 0.341 e. The number of aromatic hydroxyl groups is 1. The first-order chi connectivity index (χ1) is 6.07. The lowest BCUT2D eigenvalue weighted by atomic mass is 10.1. The number of halogens is 1. The van der Waals surface area contributed by atoms with E-state index >= 15 is 0 Å². The molecule has 1 aromatic carbocycles. The molecule has 0 heterocycles. The minimum absolute atomic E-state index is 0.00699. The lowest BCUT2D eigenvalue weighted by molar-refractivity contribution is 0.0597. The number of phenolic OH excluding ortho intramolecular Hbond substituents is 1. The van der Waals surface area contributed by atoms with E-state index in [1.165, 1.54) is 7.11 Å². The quantitative estimate of drug-likeness (QED) is 0.637. The standard InChI is InChI=1S/C9H9IO3/c1-5-3-4-6(9(12)13-2)8(11)7(5)10/h3-4,11H,1-2H3. The number of esters is 1. The molecule has 1 aromatic rings. The number of aryl methyl sites for hydroxylation is 1. The summed E-state index contributed by atoms with van der Waals surface area (Å²) in [6.07, 6.45) is 0. The number of methoxy groups -OCH3 is 1. The van der Waals surface area contributed by atoms with Crippen molar-refractivity contribution in [2.45, 2.75) is 6.92 Å². The van der Waals surface area contributed by atoms with Gasteiger partial charge in [0.15, 0.2) is 0 Å². The summed E-state index contributed by atoms with van der Waals surface area (Å²) in [5, 5.41) is 9.57. The Morgan fingerprint density at radius 3 is 2.69 bits per heavy atom. The molecule has 13 heavy (non-hydrogen) atoms. The molecule has 0 spiro atoms. The Balaban J connectivity index is 3.26. The number of hydrogen-bond donors (Lipinski definition) is 1. The van der Waals surface area contributed by atoms with Gasteiger partial charge in [-0.15, -0.1) is 0 Å². The van der Waals surface area contributed by atoms with Gasteiger partial charge < -0.3 is 9.84 Å². The van der Waals surface area contributed by atoms with Crippen LogP contribution in [-0.2, 0) is 4.74 Å². The third kappa shape index (κ3) is 1.93. The van der Waals surface area contributed by atoms with Crippen molar-refractivity contribution in [2.75, 3.05) is 7.11 Å². The van der Waals surface area contributed by atoms with Gasteiger partial charge >= 0.3 is 5.97 Å². The predicted molar refractivity (Wildman–Crippen MR) is 56.9 cm³/mol. The zero-order valence-electron chi connectivity index (χ0n) is 7.30.